The highest BCUT2D eigenvalue weighted by Crippen LogP contribution is 2.21. The lowest BCUT2D eigenvalue weighted by Crippen LogP contribution is -2.37. The number of nitrogens with one attached hydrogen (secondary N) is 2. The Morgan fingerprint density at radius 3 is 2.47 bits per heavy atom. The molecule has 1 fully saturated rings. The van der Waals surface area contributed by atoms with Crippen LogP contribution in [0.1, 0.15) is 25.1 Å². The van der Waals surface area contributed by atoms with Gasteiger partial charge in [-0.2, -0.15) is 0 Å². The topological polar surface area (TPSA) is 105 Å². The molecule has 32 heavy (non-hydrogen) atoms. The quantitative estimate of drug-likeness (QED) is 0.538. The Bertz CT molecular complexity index is 1150. The van der Waals surface area contributed by atoms with Gasteiger partial charge in [0.2, 0.25) is 16.0 Å². The van der Waals surface area contributed by atoms with Crippen molar-refractivity contribution >= 4 is 21.7 Å². The minimum atomic E-state index is -3.54. The highest BCUT2D eigenvalue weighted by atomic mass is 32.2. The number of imidazole rings is 1. The van der Waals surface area contributed by atoms with Gasteiger partial charge in [-0.1, -0.05) is 6.42 Å². The van der Waals surface area contributed by atoms with Gasteiger partial charge >= 0.3 is 0 Å². The van der Waals surface area contributed by atoms with Crippen LogP contribution in [0.15, 0.2) is 47.6 Å². The largest absolute Gasteiger partial charge is 0.330 e. The number of rotatable bonds is 8. The summed E-state index contributed by atoms with van der Waals surface area (Å²) in [4.78, 5) is 15.7. The van der Waals surface area contributed by atoms with Crippen molar-refractivity contribution in [3.8, 4) is 11.4 Å². The van der Waals surface area contributed by atoms with Crippen LogP contribution in [0.25, 0.3) is 11.4 Å². The molecule has 4 rings (SSSR count). The summed E-state index contributed by atoms with van der Waals surface area (Å²) in [7, 11) is -1.60. The van der Waals surface area contributed by atoms with Gasteiger partial charge in [-0.15, -0.1) is 0 Å². The fourth-order valence-electron chi connectivity index (χ4n) is 3.75. The lowest BCUT2D eigenvalue weighted by molar-refractivity contribution is 0.233. The highest BCUT2D eigenvalue weighted by molar-refractivity contribution is 7.89. The fourth-order valence-corrected chi connectivity index (χ4v) is 4.77. The maximum absolute atomic E-state index is 12.6. The molecule has 170 valence electrons. The Labute approximate surface area is 189 Å². The number of benzene rings is 1. The van der Waals surface area contributed by atoms with Gasteiger partial charge in [0.1, 0.15) is 5.82 Å². The first-order valence-electron chi connectivity index (χ1n) is 10.8. The van der Waals surface area contributed by atoms with Gasteiger partial charge in [-0.25, -0.2) is 28.1 Å². The molecule has 1 aliphatic heterocycles. The van der Waals surface area contributed by atoms with Gasteiger partial charge in [0.05, 0.1) is 22.5 Å². The summed E-state index contributed by atoms with van der Waals surface area (Å²) in [5.74, 6) is 1.33. The lowest BCUT2D eigenvalue weighted by Gasteiger charge is -2.26. The average molecular weight is 456 g/mol. The maximum Gasteiger partial charge on any atom is 0.240 e. The number of likely N-dealkylation sites (tertiary alicyclic amines) is 1. The van der Waals surface area contributed by atoms with E-state index in [0.717, 1.165) is 36.8 Å². The molecule has 2 N–H and O–H groups in total. The molecule has 1 aliphatic rings. The molecule has 1 saturated heterocycles. The second kappa shape index (κ2) is 9.76. The van der Waals surface area contributed by atoms with Crippen molar-refractivity contribution in [1.82, 2.24) is 29.1 Å². The van der Waals surface area contributed by atoms with Crippen LogP contribution in [0.2, 0.25) is 0 Å². The molecule has 9 nitrogen and oxygen atoms in total. The SMILES string of the molecule is Cc1ncc(-c2ccnc(Nc3ccc(S(=O)(=O)NCCN4CCCCC4)cc3)n2)n1C. The first-order valence-corrected chi connectivity index (χ1v) is 12.3. The van der Waals surface area contributed by atoms with Crippen LogP contribution >= 0.6 is 0 Å². The number of anilines is 2. The molecule has 3 heterocycles. The van der Waals surface area contributed by atoms with Gasteiger partial charge in [0.15, 0.2) is 0 Å². The zero-order chi connectivity index (χ0) is 22.6. The summed E-state index contributed by atoms with van der Waals surface area (Å²) in [5.41, 5.74) is 2.35. The predicted molar refractivity (Wildman–Crippen MR) is 124 cm³/mol. The van der Waals surface area contributed by atoms with Crippen molar-refractivity contribution in [2.24, 2.45) is 7.05 Å². The van der Waals surface area contributed by atoms with Gasteiger partial charge in [-0.05, 0) is 63.2 Å². The lowest BCUT2D eigenvalue weighted by atomic mass is 10.1. The van der Waals surface area contributed by atoms with E-state index in [1.807, 2.05) is 24.6 Å². The Morgan fingerprint density at radius 2 is 1.78 bits per heavy atom. The molecule has 0 atom stereocenters. The smallest absolute Gasteiger partial charge is 0.240 e. The summed E-state index contributed by atoms with van der Waals surface area (Å²) in [5, 5.41) is 3.13. The summed E-state index contributed by atoms with van der Waals surface area (Å²) < 4.78 is 29.9. The predicted octanol–water partition coefficient (Wildman–Crippen LogP) is 2.69. The third-order valence-electron chi connectivity index (χ3n) is 5.73. The van der Waals surface area contributed by atoms with E-state index in [-0.39, 0.29) is 4.90 Å². The van der Waals surface area contributed by atoms with Gasteiger partial charge in [0, 0.05) is 32.0 Å². The molecule has 0 saturated carbocycles. The number of piperidine rings is 1. The van der Waals surface area contributed by atoms with E-state index in [1.165, 1.54) is 19.3 Å². The Hall–Kier alpha value is -2.82. The summed E-state index contributed by atoms with van der Waals surface area (Å²) >= 11 is 0. The minimum Gasteiger partial charge on any atom is -0.330 e. The molecule has 2 aromatic heterocycles. The van der Waals surface area contributed by atoms with Crippen LogP contribution in [-0.2, 0) is 17.1 Å². The molecular weight excluding hydrogens is 426 g/mol. The molecular formula is C22H29N7O2S. The van der Waals surface area contributed by atoms with Gasteiger partial charge in [0.25, 0.3) is 0 Å². The molecule has 0 bridgehead atoms. The standard InChI is InChI=1S/C22H29N7O2S/c1-17-24-16-21(28(17)2)20-10-11-23-22(27-20)26-18-6-8-19(9-7-18)32(30,31)25-12-15-29-13-4-3-5-14-29/h6-11,16,25H,3-5,12-15H2,1-2H3,(H,23,26,27). The van der Waals surface area contributed by atoms with E-state index in [4.69, 9.17) is 0 Å². The number of aromatic nitrogens is 4. The zero-order valence-electron chi connectivity index (χ0n) is 18.5. The third kappa shape index (κ3) is 5.32. The second-order valence-electron chi connectivity index (χ2n) is 7.96. The number of aryl methyl sites for hydroxylation is 1. The molecule has 3 aromatic rings. The molecule has 10 heteroatoms. The van der Waals surface area contributed by atoms with Crippen LogP contribution in [0.3, 0.4) is 0 Å². The summed E-state index contributed by atoms with van der Waals surface area (Å²) in [6.45, 7) is 5.18. The van der Waals surface area contributed by atoms with Crippen LogP contribution in [0.5, 0.6) is 0 Å². The van der Waals surface area contributed by atoms with Crippen LogP contribution in [0.4, 0.5) is 11.6 Å². The van der Waals surface area contributed by atoms with E-state index in [9.17, 15) is 8.42 Å². The third-order valence-corrected chi connectivity index (χ3v) is 7.20. The van der Waals surface area contributed by atoms with E-state index >= 15 is 0 Å². The number of hydrogen-bond acceptors (Lipinski definition) is 7. The Morgan fingerprint density at radius 1 is 1.03 bits per heavy atom. The summed E-state index contributed by atoms with van der Waals surface area (Å²) in [6, 6.07) is 8.42. The van der Waals surface area contributed by atoms with Gasteiger partial charge < -0.3 is 14.8 Å². The normalized spacial score (nSPS) is 15.1. The van der Waals surface area contributed by atoms with Gasteiger partial charge in [-0.3, -0.25) is 0 Å². The number of sulfonamides is 1. The van der Waals surface area contributed by atoms with Crippen molar-refractivity contribution in [3.63, 3.8) is 0 Å². The van der Waals surface area contributed by atoms with E-state index in [0.29, 0.717) is 18.2 Å². The monoisotopic (exact) mass is 455 g/mol. The van der Waals surface area contributed by atoms with E-state index in [1.54, 1.807) is 36.7 Å². The number of nitrogens with zero attached hydrogens (tertiary/aromatic N) is 5. The Kier molecular flexibility index (Phi) is 6.83. The van der Waals surface area contributed by atoms with Crippen molar-refractivity contribution < 1.29 is 8.42 Å². The molecule has 0 aliphatic carbocycles. The van der Waals surface area contributed by atoms with Crippen LogP contribution < -0.4 is 10.0 Å². The van der Waals surface area contributed by atoms with Crippen molar-refractivity contribution in [2.45, 2.75) is 31.1 Å². The highest BCUT2D eigenvalue weighted by Gasteiger charge is 2.16. The first-order chi connectivity index (χ1) is 15.4. The molecule has 0 amide bonds. The van der Waals surface area contributed by atoms with E-state index in [2.05, 4.69) is 29.9 Å². The zero-order valence-corrected chi connectivity index (χ0v) is 19.3. The molecule has 0 radical (unpaired) electrons. The average Bonchev–Trinajstić information content (AvgIpc) is 3.13. The first kappa shape index (κ1) is 22.4. The fraction of sp³-hybridized carbons (Fsp3) is 0.409. The van der Waals surface area contributed by atoms with Crippen molar-refractivity contribution in [3.05, 3.63) is 48.5 Å². The molecule has 1 aromatic carbocycles. The Balaban J connectivity index is 1.38. The molecule has 0 spiro atoms. The second-order valence-corrected chi connectivity index (χ2v) is 9.73. The van der Waals surface area contributed by atoms with Crippen LogP contribution in [-0.4, -0.2) is 59.0 Å². The number of hydrogen-bond donors (Lipinski definition) is 2. The molecule has 0 unspecified atom stereocenters. The van der Waals surface area contributed by atoms with Crippen LogP contribution in [0, 0.1) is 6.92 Å². The van der Waals surface area contributed by atoms with Crippen molar-refractivity contribution in [2.75, 3.05) is 31.5 Å². The minimum absolute atomic E-state index is 0.238. The maximum atomic E-state index is 12.6. The van der Waals surface area contributed by atoms with Crippen molar-refractivity contribution in [1.29, 1.82) is 0 Å². The summed E-state index contributed by atoms with van der Waals surface area (Å²) in [6.07, 6.45) is 7.10. The van der Waals surface area contributed by atoms with E-state index < -0.39 is 10.0 Å².